The molecular formula is C26H38O2S. The number of Topliss-reactive ketones (excluding diaryl/α,β-unsaturated/α-hetero) is 2. The number of unbranched alkanes of at least 4 members (excludes halogenated alkanes) is 12. The fourth-order valence-corrected chi connectivity index (χ4v) is 4.43. The number of rotatable bonds is 15. The van der Waals surface area contributed by atoms with Crippen LogP contribution in [-0.2, 0) is 0 Å². The summed E-state index contributed by atoms with van der Waals surface area (Å²) >= 11 is 4.25. The maximum atomic E-state index is 12.7. The van der Waals surface area contributed by atoms with E-state index in [1.54, 1.807) is 12.1 Å². The second-order valence-corrected chi connectivity index (χ2v) is 8.82. The highest BCUT2D eigenvalue weighted by Gasteiger charge is 2.28. The van der Waals surface area contributed by atoms with Crippen molar-refractivity contribution in [1.29, 1.82) is 0 Å². The zero-order valence-electron chi connectivity index (χ0n) is 18.2. The molecule has 0 atom stereocenters. The monoisotopic (exact) mass is 414 g/mol. The van der Waals surface area contributed by atoms with Gasteiger partial charge in [0.25, 0.3) is 0 Å². The van der Waals surface area contributed by atoms with Gasteiger partial charge < -0.3 is 0 Å². The molecule has 0 aromatic heterocycles. The first-order valence-corrected chi connectivity index (χ1v) is 12.3. The van der Waals surface area contributed by atoms with Gasteiger partial charge in [0.1, 0.15) is 0 Å². The van der Waals surface area contributed by atoms with Gasteiger partial charge in [-0.3, -0.25) is 9.59 Å². The first-order chi connectivity index (χ1) is 14.2. The molecule has 2 rings (SSSR count). The largest absolute Gasteiger partial charge is 0.289 e. The molecule has 0 saturated heterocycles. The molecule has 1 aliphatic rings. The highest BCUT2D eigenvalue weighted by atomic mass is 32.1. The highest BCUT2D eigenvalue weighted by molar-refractivity contribution is 7.80. The minimum atomic E-state index is 0.0249. The topological polar surface area (TPSA) is 34.1 Å². The summed E-state index contributed by atoms with van der Waals surface area (Å²) in [6.07, 6.45) is 17.6. The molecule has 0 N–H and O–H groups in total. The zero-order chi connectivity index (χ0) is 20.9. The first-order valence-electron chi connectivity index (χ1n) is 11.7. The SMILES string of the molecule is CC1=C(CCCCCCCCCCCCCCCS)C(=O)c2ccccc2C1=O. The van der Waals surface area contributed by atoms with Gasteiger partial charge in [-0.15, -0.1) is 0 Å². The van der Waals surface area contributed by atoms with Crippen molar-refractivity contribution in [1.82, 2.24) is 0 Å². The first kappa shape index (κ1) is 23.9. The van der Waals surface area contributed by atoms with Crippen molar-refractivity contribution < 1.29 is 9.59 Å². The van der Waals surface area contributed by atoms with E-state index in [-0.39, 0.29) is 11.6 Å². The fraction of sp³-hybridized carbons (Fsp3) is 0.615. The molecule has 0 amide bonds. The van der Waals surface area contributed by atoms with E-state index in [2.05, 4.69) is 12.6 Å². The molecule has 3 heteroatoms. The average Bonchev–Trinajstić information content (AvgIpc) is 2.74. The molecule has 160 valence electrons. The van der Waals surface area contributed by atoms with Crippen molar-refractivity contribution in [3.05, 3.63) is 46.5 Å². The van der Waals surface area contributed by atoms with Crippen LogP contribution in [0.2, 0.25) is 0 Å². The van der Waals surface area contributed by atoms with Gasteiger partial charge in [0.15, 0.2) is 11.6 Å². The van der Waals surface area contributed by atoms with Gasteiger partial charge in [-0.25, -0.2) is 0 Å². The molecule has 1 aromatic carbocycles. The lowest BCUT2D eigenvalue weighted by Crippen LogP contribution is -2.20. The number of fused-ring (bicyclic) bond motifs is 1. The second kappa shape index (κ2) is 13.8. The van der Waals surface area contributed by atoms with Gasteiger partial charge in [-0.1, -0.05) is 94.9 Å². The number of ketones is 2. The quantitative estimate of drug-likeness (QED) is 0.235. The molecule has 0 spiro atoms. The van der Waals surface area contributed by atoms with Crippen molar-refractivity contribution in [2.24, 2.45) is 0 Å². The van der Waals surface area contributed by atoms with E-state index in [9.17, 15) is 9.59 Å². The summed E-state index contributed by atoms with van der Waals surface area (Å²) in [5.41, 5.74) is 2.54. The van der Waals surface area contributed by atoms with Gasteiger partial charge in [-0.05, 0) is 31.9 Å². The Morgan fingerprint density at radius 2 is 1.03 bits per heavy atom. The summed E-state index contributed by atoms with van der Waals surface area (Å²) < 4.78 is 0. The number of carbonyl (C=O) groups excluding carboxylic acids is 2. The van der Waals surface area contributed by atoms with Crippen LogP contribution in [0.1, 0.15) is 118 Å². The van der Waals surface area contributed by atoms with Gasteiger partial charge in [-0.2, -0.15) is 12.6 Å². The van der Waals surface area contributed by atoms with E-state index in [1.807, 2.05) is 19.1 Å². The third-order valence-corrected chi connectivity index (χ3v) is 6.38. The van der Waals surface area contributed by atoms with Crippen LogP contribution in [0.15, 0.2) is 35.4 Å². The van der Waals surface area contributed by atoms with Crippen LogP contribution >= 0.6 is 12.6 Å². The number of allylic oxidation sites excluding steroid dienone is 2. The highest BCUT2D eigenvalue weighted by Crippen LogP contribution is 2.29. The van der Waals surface area contributed by atoms with E-state index < -0.39 is 0 Å². The van der Waals surface area contributed by atoms with Gasteiger partial charge in [0, 0.05) is 22.3 Å². The minimum Gasteiger partial charge on any atom is -0.289 e. The third-order valence-electron chi connectivity index (χ3n) is 6.07. The van der Waals surface area contributed by atoms with Crippen LogP contribution in [0.4, 0.5) is 0 Å². The van der Waals surface area contributed by atoms with E-state index >= 15 is 0 Å². The van der Waals surface area contributed by atoms with E-state index in [1.165, 1.54) is 70.6 Å². The predicted molar refractivity (Wildman–Crippen MR) is 126 cm³/mol. The minimum absolute atomic E-state index is 0.0249. The second-order valence-electron chi connectivity index (χ2n) is 8.38. The maximum Gasteiger partial charge on any atom is 0.190 e. The molecule has 0 saturated carbocycles. The molecular weight excluding hydrogens is 376 g/mol. The summed E-state index contributed by atoms with van der Waals surface area (Å²) in [6, 6.07) is 7.21. The van der Waals surface area contributed by atoms with Crippen LogP contribution < -0.4 is 0 Å². The lowest BCUT2D eigenvalue weighted by Gasteiger charge is -2.18. The summed E-state index contributed by atoms with van der Waals surface area (Å²) in [5.74, 6) is 1.11. The Hall–Kier alpha value is -1.35. The van der Waals surface area contributed by atoms with Crippen molar-refractivity contribution in [2.75, 3.05) is 5.75 Å². The molecule has 0 radical (unpaired) electrons. The molecule has 1 aromatic rings. The van der Waals surface area contributed by atoms with Crippen molar-refractivity contribution in [3.63, 3.8) is 0 Å². The van der Waals surface area contributed by atoms with Crippen LogP contribution in [0.5, 0.6) is 0 Å². The van der Waals surface area contributed by atoms with Gasteiger partial charge in [0.05, 0.1) is 0 Å². The molecule has 0 bridgehead atoms. The Labute approximate surface area is 183 Å². The van der Waals surface area contributed by atoms with Crippen molar-refractivity contribution in [3.8, 4) is 0 Å². The van der Waals surface area contributed by atoms with Crippen molar-refractivity contribution in [2.45, 2.75) is 96.8 Å². The number of benzene rings is 1. The molecule has 0 fully saturated rings. The molecule has 0 aliphatic heterocycles. The Bertz CT molecular complexity index is 690. The Morgan fingerprint density at radius 3 is 1.52 bits per heavy atom. The van der Waals surface area contributed by atoms with Crippen LogP contribution in [0.25, 0.3) is 0 Å². The molecule has 29 heavy (non-hydrogen) atoms. The van der Waals surface area contributed by atoms with E-state index in [4.69, 9.17) is 0 Å². The van der Waals surface area contributed by atoms with Gasteiger partial charge >= 0.3 is 0 Å². The Balaban J connectivity index is 1.53. The van der Waals surface area contributed by atoms with E-state index in [0.717, 1.165) is 30.6 Å². The normalized spacial score (nSPS) is 13.9. The lowest BCUT2D eigenvalue weighted by molar-refractivity contribution is 0.0971. The van der Waals surface area contributed by atoms with Crippen molar-refractivity contribution >= 4 is 24.2 Å². The number of carbonyl (C=O) groups is 2. The van der Waals surface area contributed by atoms with Crippen LogP contribution in [0, 0.1) is 0 Å². The van der Waals surface area contributed by atoms with Crippen LogP contribution in [-0.4, -0.2) is 17.3 Å². The fourth-order valence-electron chi connectivity index (χ4n) is 4.21. The Kier molecular flexibility index (Phi) is 11.4. The molecule has 1 aliphatic carbocycles. The number of hydrogen-bond acceptors (Lipinski definition) is 3. The number of hydrogen-bond donors (Lipinski definition) is 1. The molecule has 0 heterocycles. The van der Waals surface area contributed by atoms with Gasteiger partial charge in [0.2, 0.25) is 0 Å². The summed E-state index contributed by atoms with van der Waals surface area (Å²) in [7, 11) is 0. The third kappa shape index (κ3) is 7.77. The zero-order valence-corrected chi connectivity index (χ0v) is 19.1. The Morgan fingerprint density at radius 1 is 0.621 bits per heavy atom. The summed E-state index contributed by atoms with van der Waals surface area (Å²) in [6.45, 7) is 1.81. The molecule has 0 unspecified atom stereocenters. The van der Waals surface area contributed by atoms with E-state index in [0.29, 0.717) is 16.7 Å². The lowest BCUT2D eigenvalue weighted by atomic mass is 9.82. The predicted octanol–water partition coefficient (Wildman–Crippen LogP) is 7.77. The average molecular weight is 415 g/mol. The molecule has 2 nitrogen and oxygen atoms in total. The summed E-state index contributed by atoms with van der Waals surface area (Å²) in [4.78, 5) is 25.2. The van der Waals surface area contributed by atoms with Crippen LogP contribution in [0.3, 0.4) is 0 Å². The standard InChI is InChI=1S/C26H38O2S/c1-21-22(26(28)24-19-15-14-18-23(24)25(21)27)17-13-11-9-7-5-3-2-4-6-8-10-12-16-20-29/h14-15,18-19,29H,2-13,16-17,20H2,1H3. The number of thiol groups is 1. The summed E-state index contributed by atoms with van der Waals surface area (Å²) in [5, 5.41) is 0. The maximum absolute atomic E-state index is 12.7. The smallest absolute Gasteiger partial charge is 0.190 e.